The predicted octanol–water partition coefficient (Wildman–Crippen LogP) is 5.37. The summed E-state index contributed by atoms with van der Waals surface area (Å²) in [7, 11) is 0. The predicted molar refractivity (Wildman–Crippen MR) is 111 cm³/mol. The summed E-state index contributed by atoms with van der Waals surface area (Å²) in [5, 5.41) is 17.5. The maximum absolute atomic E-state index is 11.9. The van der Waals surface area contributed by atoms with Gasteiger partial charge in [0.25, 0.3) is 0 Å². The molecule has 1 heterocycles. The maximum Gasteiger partial charge on any atom is 0.147 e. The van der Waals surface area contributed by atoms with Crippen molar-refractivity contribution in [3.05, 3.63) is 75.8 Å². The Morgan fingerprint density at radius 1 is 1.11 bits per heavy atom. The molecular formula is C20H20Cl3N3O2. The Morgan fingerprint density at radius 2 is 1.82 bits per heavy atom. The van der Waals surface area contributed by atoms with Gasteiger partial charge in [-0.3, -0.25) is 0 Å². The number of hydrogen-bond acceptors (Lipinski definition) is 4. The summed E-state index contributed by atoms with van der Waals surface area (Å²) in [4.78, 5) is 3.97. The maximum atomic E-state index is 11.9. The Morgan fingerprint density at radius 3 is 2.43 bits per heavy atom. The van der Waals surface area contributed by atoms with E-state index < -0.39 is 11.7 Å². The van der Waals surface area contributed by atoms with Gasteiger partial charge >= 0.3 is 0 Å². The van der Waals surface area contributed by atoms with Crippen molar-refractivity contribution in [1.82, 2.24) is 14.8 Å². The molecule has 0 amide bonds. The Kier molecular flexibility index (Phi) is 6.83. The van der Waals surface area contributed by atoms with Crippen LogP contribution in [-0.2, 0) is 12.1 Å². The normalized spacial score (nSPS) is 14.5. The molecule has 0 fully saturated rings. The van der Waals surface area contributed by atoms with E-state index in [0.717, 1.165) is 6.42 Å². The van der Waals surface area contributed by atoms with E-state index in [2.05, 4.69) is 10.1 Å². The lowest BCUT2D eigenvalue weighted by Gasteiger charge is -2.37. The van der Waals surface area contributed by atoms with Crippen LogP contribution >= 0.6 is 34.8 Å². The highest BCUT2D eigenvalue weighted by Crippen LogP contribution is 2.37. The number of halogens is 3. The molecule has 0 spiro atoms. The minimum Gasteiger partial charge on any atom is -0.487 e. The van der Waals surface area contributed by atoms with E-state index in [9.17, 15) is 5.11 Å². The molecule has 0 aliphatic heterocycles. The number of hydrogen-bond donors (Lipinski definition) is 1. The van der Waals surface area contributed by atoms with Gasteiger partial charge in [-0.2, -0.15) is 5.10 Å². The van der Waals surface area contributed by atoms with Crippen LogP contribution in [0.4, 0.5) is 0 Å². The van der Waals surface area contributed by atoms with E-state index >= 15 is 0 Å². The summed E-state index contributed by atoms with van der Waals surface area (Å²) in [5.41, 5.74) is -0.952. The van der Waals surface area contributed by atoms with E-state index in [1.165, 1.54) is 6.33 Å². The molecule has 0 saturated heterocycles. The van der Waals surface area contributed by atoms with Gasteiger partial charge in [-0.15, -0.1) is 0 Å². The van der Waals surface area contributed by atoms with Gasteiger partial charge < -0.3 is 9.84 Å². The van der Waals surface area contributed by atoms with Crippen LogP contribution in [0.5, 0.6) is 5.75 Å². The lowest BCUT2D eigenvalue weighted by Crippen LogP contribution is -2.47. The van der Waals surface area contributed by atoms with Crippen molar-refractivity contribution in [2.45, 2.75) is 38.0 Å². The molecule has 1 aromatic heterocycles. The van der Waals surface area contributed by atoms with Crippen LogP contribution in [-0.4, -0.2) is 26.0 Å². The van der Waals surface area contributed by atoms with Gasteiger partial charge in [-0.05, 0) is 42.8 Å². The summed E-state index contributed by atoms with van der Waals surface area (Å²) in [6.45, 7) is 2.14. The minimum atomic E-state index is -1.47. The molecule has 2 aromatic carbocycles. The van der Waals surface area contributed by atoms with Gasteiger partial charge in [-0.1, -0.05) is 54.2 Å². The fraction of sp³-hybridized carbons (Fsp3) is 0.300. The van der Waals surface area contributed by atoms with Crippen molar-refractivity contribution in [1.29, 1.82) is 0 Å². The van der Waals surface area contributed by atoms with Crippen LogP contribution in [0.3, 0.4) is 0 Å². The van der Waals surface area contributed by atoms with Crippen LogP contribution in [0, 0.1) is 0 Å². The largest absolute Gasteiger partial charge is 0.487 e. The highest BCUT2D eigenvalue weighted by molar-refractivity contribution is 6.35. The fourth-order valence-corrected chi connectivity index (χ4v) is 3.80. The second kappa shape index (κ2) is 9.14. The van der Waals surface area contributed by atoms with Gasteiger partial charge in [0.05, 0.1) is 6.54 Å². The van der Waals surface area contributed by atoms with E-state index in [1.807, 2.05) is 6.92 Å². The highest BCUT2D eigenvalue weighted by Gasteiger charge is 2.42. The second-order valence-corrected chi connectivity index (χ2v) is 7.77. The van der Waals surface area contributed by atoms with E-state index in [4.69, 9.17) is 39.5 Å². The van der Waals surface area contributed by atoms with Crippen molar-refractivity contribution in [2.24, 2.45) is 0 Å². The van der Waals surface area contributed by atoms with Crippen LogP contribution in [0.25, 0.3) is 0 Å². The molecule has 2 atom stereocenters. The summed E-state index contributed by atoms with van der Waals surface area (Å²) >= 11 is 18.5. The van der Waals surface area contributed by atoms with E-state index in [0.29, 0.717) is 32.8 Å². The lowest BCUT2D eigenvalue weighted by atomic mass is 9.85. The van der Waals surface area contributed by atoms with Crippen LogP contribution in [0.2, 0.25) is 15.1 Å². The van der Waals surface area contributed by atoms with Crippen LogP contribution in [0.15, 0.2) is 55.1 Å². The Hall–Kier alpha value is -1.79. The summed E-state index contributed by atoms with van der Waals surface area (Å²) in [6, 6.07) is 12.0. The zero-order chi connectivity index (χ0) is 20.1. The first-order valence-electron chi connectivity index (χ1n) is 8.85. The molecule has 0 bridgehead atoms. The quantitative estimate of drug-likeness (QED) is 0.511. The molecule has 3 rings (SSSR count). The zero-order valence-corrected chi connectivity index (χ0v) is 17.5. The molecular weight excluding hydrogens is 421 g/mol. The number of ether oxygens (including phenoxy) is 1. The molecule has 148 valence electrons. The second-order valence-electron chi connectivity index (χ2n) is 6.49. The SMILES string of the molecule is CCCC(Oc1ccc(Cl)cc1)C(O)(Cn1cncn1)c1ccc(Cl)cc1Cl. The highest BCUT2D eigenvalue weighted by atomic mass is 35.5. The third-order valence-electron chi connectivity index (χ3n) is 4.44. The van der Waals surface area contributed by atoms with Crippen molar-refractivity contribution in [2.75, 3.05) is 0 Å². The topological polar surface area (TPSA) is 60.2 Å². The summed E-state index contributed by atoms with van der Waals surface area (Å²) in [5.74, 6) is 0.602. The third kappa shape index (κ3) is 4.78. The van der Waals surface area contributed by atoms with Gasteiger partial charge in [0.2, 0.25) is 0 Å². The first kappa shape index (κ1) is 20.9. The smallest absolute Gasteiger partial charge is 0.147 e. The van der Waals surface area contributed by atoms with Crippen LogP contribution < -0.4 is 4.74 Å². The van der Waals surface area contributed by atoms with Gasteiger partial charge in [0.1, 0.15) is 30.1 Å². The minimum absolute atomic E-state index is 0.118. The Balaban J connectivity index is 2.04. The number of aliphatic hydroxyl groups is 1. The van der Waals surface area contributed by atoms with Crippen molar-refractivity contribution in [3.8, 4) is 5.75 Å². The number of nitrogens with zero attached hydrogens (tertiary/aromatic N) is 3. The molecule has 1 N–H and O–H groups in total. The number of benzene rings is 2. The van der Waals surface area contributed by atoms with Crippen molar-refractivity contribution >= 4 is 34.8 Å². The van der Waals surface area contributed by atoms with Crippen molar-refractivity contribution < 1.29 is 9.84 Å². The molecule has 5 nitrogen and oxygen atoms in total. The summed E-state index contributed by atoms with van der Waals surface area (Å²) < 4.78 is 7.76. The van der Waals surface area contributed by atoms with Crippen molar-refractivity contribution in [3.63, 3.8) is 0 Å². The molecule has 0 radical (unpaired) electrons. The molecule has 0 aliphatic rings. The molecule has 0 aliphatic carbocycles. The number of aromatic nitrogens is 3. The third-order valence-corrected chi connectivity index (χ3v) is 5.24. The van der Waals surface area contributed by atoms with E-state index in [-0.39, 0.29) is 6.54 Å². The van der Waals surface area contributed by atoms with Crippen LogP contribution in [0.1, 0.15) is 25.3 Å². The summed E-state index contributed by atoms with van der Waals surface area (Å²) in [6.07, 6.45) is 3.75. The standard InChI is InChI=1S/C20H20Cl3N3O2/c1-2-3-19(28-16-7-4-14(21)5-8-16)20(27,11-26-13-24-12-25-26)17-9-6-15(22)10-18(17)23/h4-10,12-13,19,27H,2-3,11H2,1H3. The Bertz CT molecular complexity index is 904. The molecule has 2 unspecified atom stereocenters. The van der Waals surface area contributed by atoms with Gasteiger partial charge in [0, 0.05) is 20.6 Å². The Labute approximate surface area is 178 Å². The first-order chi connectivity index (χ1) is 13.4. The molecule has 28 heavy (non-hydrogen) atoms. The molecule has 0 saturated carbocycles. The van der Waals surface area contributed by atoms with Gasteiger partial charge in [-0.25, -0.2) is 9.67 Å². The average Bonchev–Trinajstić information content (AvgIpc) is 3.15. The fourth-order valence-electron chi connectivity index (χ4n) is 3.10. The van der Waals surface area contributed by atoms with E-state index in [1.54, 1.807) is 53.5 Å². The van der Waals surface area contributed by atoms with Gasteiger partial charge in [0.15, 0.2) is 0 Å². The zero-order valence-electron chi connectivity index (χ0n) is 15.2. The monoisotopic (exact) mass is 439 g/mol. The average molecular weight is 441 g/mol. The molecule has 8 heteroatoms. The lowest BCUT2D eigenvalue weighted by molar-refractivity contribution is -0.0848. The number of rotatable bonds is 8. The molecule has 3 aromatic rings. The first-order valence-corrected chi connectivity index (χ1v) is 9.98.